The van der Waals surface area contributed by atoms with Crippen LogP contribution in [0, 0.1) is 12.3 Å². The zero-order valence-electron chi connectivity index (χ0n) is 11.5. The fraction of sp³-hybridized carbons (Fsp3) is 0.467. The molecule has 0 heterocycles. The van der Waals surface area contributed by atoms with E-state index in [0.29, 0.717) is 19.6 Å². The molecule has 0 unspecified atom stereocenters. The lowest BCUT2D eigenvalue weighted by molar-refractivity contribution is 0.280. The molecule has 19 heavy (non-hydrogen) atoms. The quantitative estimate of drug-likeness (QED) is 0.587. The van der Waals surface area contributed by atoms with E-state index >= 15 is 0 Å². The van der Waals surface area contributed by atoms with Crippen molar-refractivity contribution in [3.63, 3.8) is 0 Å². The first-order valence-electron chi connectivity index (χ1n) is 6.45. The van der Waals surface area contributed by atoms with Crippen molar-refractivity contribution < 1.29 is 9.47 Å². The molecule has 4 heteroatoms. The fourth-order valence-corrected chi connectivity index (χ4v) is 2.21. The van der Waals surface area contributed by atoms with Gasteiger partial charge in [0.05, 0.1) is 17.7 Å². The van der Waals surface area contributed by atoms with E-state index in [4.69, 9.17) is 15.9 Å². The summed E-state index contributed by atoms with van der Waals surface area (Å²) < 4.78 is 12.2. The van der Waals surface area contributed by atoms with E-state index in [0.717, 1.165) is 34.6 Å². The predicted molar refractivity (Wildman–Crippen MR) is 81.6 cm³/mol. The van der Waals surface area contributed by atoms with Crippen LogP contribution in [0.2, 0.25) is 0 Å². The molecular weight excluding hydrogens is 306 g/mol. The molecule has 0 aromatic heterocycles. The minimum Gasteiger partial charge on any atom is -0.490 e. The molecule has 0 amide bonds. The molecule has 3 nitrogen and oxygen atoms in total. The van der Waals surface area contributed by atoms with Gasteiger partial charge in [-0.2, -0.15) is 0 Å². The lowest BCUT2D eigenvalue weighted by atomic mass is 10.2. The Bertz CT molecular complexity index is 441. The van der Waals surface area contributed by atoms with Crippen LogP contribution in [0.25, 0.3) is 0 Å². The highest BCUT2D eigenvalue weighted by Gasteiger charge is 2.12. The van der Waals surface area contributed by atoms with Gasteiger partial charge in [-0.25, -0.2) is 0 Å². The van der Waals surface area contributed by atoms with Gasteiger partial charge in [-0.3, -0.25) is 0 Å². The van der Waals surface area contributed by atoms with E-state index in [-0.39, 0.29) is 0 Å². The topological polar surface area (TPSA) is 30.5 Å². The lowest BCUT2D eigenvalue weighted by Crippen LogP contribution is -2.12. The minimum absolute atomic E-state index is 0.488. The van der Waals surface area contributed by atoms with Crippen molar-refractivity contribution in [2.24, 2.45) is 0 Å². The zero-order chi connectivity index (χ0) is 14.1. The van der Waals surface area contributed by atoms with Gasteiger partial charge in [0.15, 0.2) is 11.5 Å². The Morgan fingerprint density at radius 1 is 1.32 bits per heavy atom. The van der Waals surface area contributed by atoms with Crippen LogP contribution in [0.4, 0.5) is 0 Å². The number of nitrogens with one attached hydrogen (secondary N) is 1. The molecule has 0 saturated heterocycles. The first-order chi connectivity index (χ1) is 9.22. The van der Waals surface area contributed by atoms with Gasteiger partial charge in [0.1, 0.15) is 0 Å². The highest BCUT2D eigenvalue weighted by atomic mass is 79.9. The molecule has 1 aromatic rings. The second-order valence-electron chi connectivity index (χ2n) is 3.92. The summed E-state index contributed by atoms with van der Waals surface area (Å²) in [4.78, 5) is 0. The van der Waals surface area contributed by atoms with E-state index < -0.39 is 0 Å². The third-order valence-corrected chi connectivity index (χ3v) is 3.03. The average Bonchev–Trinajstić information content (AvgIpc) is 2.40. The van der Waals surface area contributed by atoms with Crippen LogP contribution >= 0.6 is 15.9 Å². The number of terminal acetylenes is 1. The van der Waals surface area contributed by atoms with Crippen molar-refractivity contribution in [1.82, 2.24) is 5.32 Å². The summed E-state index contributed by atoms with van der Waals surface area (Å²) in [6, 6.07) is 4.04. The molecule has 0 aliphatic carbocycles. The summed E-state index contributed by atoms with van der Waals surface area (Å²) in [5.41, 5.74) is 1.15. The Labute approximate surface area is 123 Å². The summed E-state index contributed by atoms with van der Waals surface area (Å²) in [5, 5.41) is 3.29. The van der Waals surface area contributed by atoms with Gasteiger partial charge in [-0.15, -0.1) is 12.3 Å². The number of benzene rings is 1. The lowest BCUT2D eigenvalue weighted by Gasteiger charge is -2.15. The smallest absolute Gasteiger partial charge is 0.175 e. The van der Waals surface area contributed by atoms with Crippen LogP contribution in [0.1, 0.15) is 25.8 Å². The second kappa shape index (κ2) is 8.84. The fourth-order valence-electron chi connectivity index (χ4n) is 1.61. The van der Waals surface area contributed by atoms with Crippen LogP contribution in [0.5, 0.6) is 11.5 Å². The van der Waals surface area contributed by atoms with Crippen LogP contribution in [-0.4, -0.2) is 19.8 Å². The molecule has 0 bridgehead atoms. The molecular formula is C15H20BrNO2. The molecule has 1 aromatic carbocycles. The monoisotopic (exact) mass is 325 g/mol. The number of halogens is 1. The van der Waals surface area contributed by atoms with Gasteiger partial charge in [-0.1, -0.05) is 6.92 Å². The van der Waals surface area contributed by atoms with Crippen molar-refractivity contribution in [2.45, 2.75) is 26.8 Å². The van der Waals surface area contributed by atoms with Gasteiger partial charge in [0.2, 0.25) is 0 Å². The highest BCUT2D eigenvalue weighted by molar-refractivity contribution is 9.10. The standard InChI is InChI=1S/C15H20BrNO2/c1-4-7-8-19-15-13(16)9-12(11-17-5-2)10-14(15)18-6-3/h1,9-10,17H,5-8,11H2,2-3H3. The van der Waals surface area contributed by atoms with Crippen molar-refractivity contribution in [3.8, 4) is 23.8 Å². The van der Waals surface area contributed by atoms with Gasteiger partial charge >= 0.3 is 0 Å². The maximum atomic E-state index is 5.69. The van der Waals surface area contributed by atoms with E-state index in [2.05, 4.69) is 34.1 Å². The SMILES string of the molecule is C#CCCOc1c(Br)cc(CNCC)cc1OCC. The first-order valence-corrected chi connectivity index (χ1v) is 7.24. The molecule has 104 valence electrons. The Kier molecular flexibility index (Phi) is 7.39. The molecule has 0 aliphatic rings. The number of rotatable bonds is 8. The van der Waals surface area contributed by atoms with Gasteiger partial charge in [0, 0.05) is 13.0 Å². The van der Waals surface area contributed by atoms with Crippen molar-refractivity contribution >= 4 is 15.9 Å². The van der Waals surface area contributed by atoms with Crippen LogP contribution in [0.3, 0.4) is 0 Å². The molecule has 1 N–H and O–H groups in total. The summed E-state index contributed by atoms with van der Waals surface area (Å²) >= 11 is 3.53. The van der Waals surface area contributed by atoms with Crippen LogP contribution in [0.15, 0.2) is 16.6 Å². The normalized spacial score (nSPS) is 10.0. The Morgan fingerprint density at radius 2 is 2.11 bits per heavy atom. The van der Waals surface area contributed by atoms with E-state index in [1.165, 1.54) is 0 Å². The minimum atomic E-state index is 0.488. The van der Waals surface area contributed by atoms with Crippen molar-refractivity contribution in [1.29, 1.82) is 0 Å². The van der Waals surface area contributed by atoms with Gasteiger partial charge in [-0.05, 0) is 47.1 Å². The summed E-state index contributed by atoms with van der Waals surface area (Å²) in [6.07, 6.45) is 5.81. The van der Waals surface area contributed by atoms with E-state index in [1.807, 2.05) is 19.1 Å². The largest absolute Gasteiger partial charge is 0.490 e. The highest BCUT2D eigenvalue weighted by Crippen LogP contribution is 2.37. The molecule has 0 radical (unpaired) electrons. The van der Waals surface area contributed by atoms with Crippen molar-refractivity contribution in [3.05, 3.63) is 22.2 Å². The summed E-state index contributed by atoms with van der Waals surface area (Å²) in [7, 11) is 0. The van der Waals surface area contributed by atoms with Crippen LogP contribution in [-0.2, 0) is 6.54 Å². The number of ether oxygens (including phenoxy) is 2. The number of hydrogen-bond donors (Lipinski definition) is 1. The molecule has 0 aliphatic heterocycles. The Hall–Kier alpha value is -1.18. The summed E-state index contributed by atoms with van der Waals surface area (Å²) in [6.45, 7) is 6.86. The summed E-state index contributed by atoms with van der Waals surface area (Å²) in [5.74, 6) is 4.03. The van der Waals surface area contributed by atoms with Crippen LogP contribution < -0.4 is 14.8 Å². The van der Waals surface area contributed by atoms with E-state index in [1.54, 1.807) is 0 Å². The molecule has 0 atom stereocenters. The number of hydrogen-bond acceptors (Lipinski definition) is 3. The molecule has 0 fully saturated rings. The van der Waals surface area contributed by atoms with Gasteiger partial charge < -0.3 is 14.8 Å². The van der Waals surface area contributed by atoms with Gasteiger partial charge in [0.25, 0.3) is 0 Å². The zero-order valence-corrected chi connectivity index (χ0v) is 13.0. The maximum Gasteiger partial charge on any atom is 0.175 e. The van der Waals surface area contributed by atoms with Crippen molar-refractivity contribution in [2.75, 3.05) is 19.8 Å². The third-order valence-electron chi connectivity index (χ3n) is 2.44. The predicted octanol–water partition coefficient (Wildman–Crippen LogP) is 3.36. The maximum absolute atomic E-state index is 5.69. The second-order valence-corrected chi connectivity index (χ2v) is 4.78. The molecule has 0 saturated carbocycles. The Morgan fingerprint density at radius 3 is 2.74 bits per heavy atom. The molecule has 0 spiro atoms. The van der Waals surface area contributed by atoms with E-state index in [9.17, 15) is 0 Å². The Balaban J connectivity index is 2.91. The average molecular weight is 326 g/mol. The molecule has 1 rings (SSSR count). The first kappa shape index (κ1) is 15.9. The third kappa shape index (κ3) is 5.14.